The highest BCUT2D eigenvalue weighted by molar-refractivity contribution is 5.54. The molecule has 0 unspecified atom stereocenters. The van der Waals surface area contributed by atoms with Gasteiger partial charge in [-0.2, -0.15) is 36.9 Å². The van der Waals surface area contributed by atoms with Crippen LogP contribution in [-0.2, 0) is 12.4 Å². The summed E-state index contributed by atoms with van der Waals surface area (Å²) in [6.45, 7) is 0. The van der Waals surface area contributed by atoms with Crippen molar-refractivity contribution in [2.45, 2.75) is 12.4 Å². The molecule has 0 amide bonds. The monoisotopic (exact) mass is 300 g/mol. The van der Waals surface area contributed by atoms with Crippen LogP contribution in [0.3, 0.4) is 0 Å². The van der Waals surface area contributed by atoms with Crippen LogP contribution in [0.25, 0.3) is 0 Å². The summed E-state index contributed by atoms with van der Waals surface area (Å²) in [5, 5.41) is 16.7. The maximum absolute atomic E-state index is 13.3. The standard InChI is InChI=1S/C10F8N2/c11-7-3(1-19)5(9(13,14)15)6(10(16,17)18)8(12)4(7)2-20. The molecule has 0 radical (unpaired) electrons. The van der Waals surface area contributed by atoms with E-state index in [1.165, 1.54) is 0 Å². The van der Waals surface area contributed by atoms with Gasteiger partial charge in [-0.25, -0.2) is 8.78 Å². The molecule has 0 aliphatic heterocycles. The first kappa shape index (κ1) is 15.7. The molecular formula is C10F8N2. The Balaban J connectivity index is 4.12. The van der Waals surface area contributed by atoms with Gasteiger partial charge in [0.05, 0.1) is 5.56 Å². The Hall–Kier alpha value is -2.36. The number of rotatable bonds is 0. The minimum absolute atomic E-state index is 0.572. The SMILES string of the molecule is N#Cc1c(F)c(C#N)c(C(F)(F)F)c(C(F)(F)F)c1F. The van der Waals surface area contributed by atoms with E-state index in [1.54, 1.807) is 0 Å². The molecule has 1 aromatic rings. The van der Waals surface area contributed by atoms with Crippen molar-refractivity contribution in [2.24, 2.45) is 0 Å². The number of nitrogens with zero attached hydrogens (tertiary/aromatic N) is 2. The van der Waals surface area contributed by atoms with Gasteiger partial charge in [0, 0.05) is 0 Å². The van der Waals surface area contributed by atoms with Crippen molar-refractivity contribution in [1.82, 2.24) is 0 Å². The number of nitriles is 2. The molecule has 0 saturated carbocycles. The van der Waals surface area contributed by atoms with Gasteiger partial charge in [-0.1, -0.05) is 0 Å². The molecule has 0 fully saturated rings. The summed E-state index contributed by atoms with van der Waals surface area (Å²) >= 11 is 0. The summed E-state index contributed by atoms with van der Waals surface area (Å²) in [7, 11) is 0. The van der Waals surface area contributed by atoms with Crippen LogP contribution in [0.5, 0.6) is 0 Å². The molecule has 0 bridgehead atoms. The van der Waals surface area contributed by atoms with Crippen LogP contribution < -0.4 is 0 Å². The van der Waals surface area contributed by atoms with E-state index in [0.717, 1.165) is 0 Å². The van der Waals surface area contributed by atoms with Gasteiger partial charge in [0.1, 0.15) is 28.8 Å². The average molecular weight is 300 g/mol. The Morgan fingerprint density at radius 3 is 1.35 bits per heavy atom. The number of hydrogen-bond donors (Lipinski definition) is 0. The predicted molar refractivity (Wildman–Crippen MR) is 45.8 cm³/mol. The van der Waals surface area contributed by atoms with E-state index in [9.17, 15) is 35.1 Å². The average Bonchev–Trinajstić information content (AvgIpc) is 2.25. The molecule has 0 aromatic heterocycles. The molecule has 0 saturated heterocycles. The van der Waals surface area contributed by atoms with Crippen molar-refractivity contribution in [3.05, 3.63) is 33.9 Å². The van der Waals surface area contributed by atoms with Crippen LogP contribution in [0.4, 0.5) is 35.1 Å². The van der Waals surface area contributed by atoms with Gasteiger partial charge in [-0.15, -0.1) is 0 Å². The summed E-state index contributed by atoms with van der Waals surface area (Å²) in [6, 6.07) is 1.23. The molecular weight excluding hydrogens is 300 g/mol. The first-order valence-electron chi connectivity index (χ1n) is 4.46. The normalized spacial score (nSPS) is 11.9. The van der Waals surface area contributed by atoms with Crippen molar-refractivity contribution in [3.63, 3.8) is 0 Å². The lowest BCUT2D eigenvalue weighted by Crippen LogP contribution is -2.23. The lowest BCUT2D eigenvalue weighted by Gasteiger charge is -2.18. The Labute approximate surface area is 105 Å². The Morgan fingerprint density at radius 2 is 1.05 bits per heavy atom. The van der Waals surface area contributed by atoms with Gasteiger partial charge in [0.2, 0.25) is 0 Å². The van der Waals surface area contributed by atoms with E-state index in [4.69, 9.17) is 10.5 Å². The van der Waals surface area contributed by atoms with E-state index in [-0.39, 0.29) is 0 Å². The van der Waals surface area contributed by atoms with Crippen molar-refractivity contribution in [2.75, 3.05) is 0 Å². The smallest absolute Gasteiger partial charge is 0.205 e. The summed E-state index contributed by atoms with van der Waals surface area (Å²) in [5.74, 6) is -4.99. The van der Waals surface area contributed by atoms with E-state index >= 15 is 0 Å². The first-order valence-corrected chi connectivity index (χ1v) is 4.46. The zero-order chi connectivity index (χ0) is 15.9. The molecule has 10 heteroatoms. The van der Waals surface area contributed by atoms with Crippen molar-refractivity contribution >= 4 is 0 Å². The van der Waals surface area contributed by atoms with Crippen LogP contribution in [0, 0.1) is 34.3 Å². The molecule has 106 valence electrons. The molecule has 0 aliphatic rings. The third-order valence-corrected chi connectivity index (χ3v) is 2.17. The molecule has 0 atom stereocenters. The van der Waals surface area contributed by atoms with Gasteiger partial charge in [-0.05, 0) is 0 Å². The minimum atomic E-state index is -5.86. The molecule has 0 N–H and O–H groups in total. The van der Waals surface area contributed by atoms with Crippen LogP contribution in [0.2, 0.25) is 0 Å². The highest BCUT2D eigenvalue weighted by Crippen LogP contribution is 2.45. The van der Waals surface area contributed by atoms with Gasteiger partial charge >= 0.3 is 12.4 Å². The van der Waals surface area contributed by atoms with Crippen molar-refractivity contribution in [1.29, 1.82) is 10.5 Å². The van der Waals surface area contributed by atoms with Crippen LogP contribution in [-0.4, -0.2) is 0 Å². The summed E-state index contributed by atoms with van der Waals surface area (Å²) < 4.78 is 102. The molecule has 1 rings (SSSR count). The number of hydrogen-bond acceptors (Lipinski definition) is 2. The molecule has 0 aliphatic carbocycles. The maximum Gasteiger partial charge on any atom is 0.419 e. The summed E-state index contributed by atoms with van der Waals surface area (Å²) in [5.41, 5.74) is -9.66. The Bertz CT molecular complexity index is 642. The maximum atomic E-state index is 13.3. The number of benzene rings is 1. The number of halogens is 8. The highest BCUT2D eigenvalue weighted by atomic mass is 19.4. The van der Waals surface area contributed by atoms with Crippen molar-refractivity contribution in [3.8, 4) is 12.1 Å². The third-order valence-electron chi connectivity index (χ3n) is 2.17. The van der Waals surface area contributed by atoms with E-state index in [1.807, 2.05) is 0 Å². The fourth-order valence-corrected chi connectivity index (χ4v) is 1.44. The molecule has 20 heavy (non-hydrogen) atoms. The third kappa shape index (κ3) is 2.37. The zero-order valence-electron chi connectivity index (χ0n) is 8.92. The van der Waals surface area contributed by atoms with E-state index in [2.05, 4.69) is 0 Å². The van der Waals surface area contributed by atoms with Gasteiger partial charge in [0.15, 0.2) is 11.6 Å². The van der Waals surface area contributed by atoms with E-state index in [0.29, 0.717) is 12.1 Å². The van der Waals surface area contributed by atoms with Gasteiger partial charge in [0.25, 0.3) is 0 Å². The first-order chi connectivity index (χ1) is 8.96. The summed E-state index contributed by atoms with van der Waals surface area (Å²) in [4.78, 5) is 0. The van der Waals surface area contributed by atoms with Gasteiger partial charge < -0.3 is 0 Å². The van der Waals surface area contributed by atoms with Gasteiger partial charge in [-0.3, -0.25) is 0 Å². The lowest BCUT2D eigenvalue weighted by atomic mass is 9.95. The fraction of sp³-hybridized carbons (Fsp3) is 0.200. The second-order valence-corrected chi connectivity index (χ2v) is 3.35. The number of alkyl halides is 6. The largest absolute Gasteiger partial charge is 0.419 e. The second kappa shape index (κ2) is 4.63. The molecule has 2 nitrogen and oxygen atoms in total. The van der Waals surface area contributed by atoms with Crippen LogP contribution >= 0.6 is 0 Å². The Kier molecular flexibility index (Phi) is 3.64. The van der Waals surface area contributed by atoms with Crippen LogP contribution in [0.1, 0.15) is 22.3 Å². The topological polar surface area (TPSA) is 47.6 Å². The van der Waals surface area contributed by atoms with Crippen LogP contribution in [0.15, 0.2) is 0 Å². The predicted octanol–water partition coefficient (Wildman–Crippen LogP) is 3.75. The quantitative estimate of drug-likeness (QED) is 0.685. The second-order valence-electron chi connectivity index (χ2n) is 3.35. The minimum Gasteiger partial charge on any atom is -0.205 e. The van der Waals surface area contributed by atoms with E-state index < -0.39 is 46.2 Å². The molecule has 1 aromatic carbocycles. The zero-order valence-corrected chi connectivity index (χ0v) is 8.92. The van der Waals surface area contributed by atoms with Crippen molar-refractivity contribution < 1.29 is 35.1 Å². The highest BCUT2D eigenvalue weighted by Gasteiger charge is 2.49. The molecule has 0 spiro atoms. The Morgan fingerprint density at radius 1 is 0.650 bits per heavy atom. The summed E-state index contributed by atoms with van der Waals surface area (Å²) in [6.07, 6.45) is -11.7. The lowest BCUT2D eigenvalue weighted by molar-refractivity contribution is -0.164. The fourth-order valence-electron chi connectivity index (χ4n) is 1.44. The molecule has 0 heterocycles.